The first kappa shape index (κ1) is 13.8. The first-order chi connectivity index (χ1) is 9.66. The second kappa shape index (κ2) is 6.51. The molecule has 104 valence electrons. The normalized spacial score (nSPS) is 10.2. The number of carbonyl (C=O) groups excluding carboxylic acids is 1. The quantitative estimate of drug-likeness (QED) is 0.785. The maximum atomic E-state index is 11.8. The molecule has 20 heavy (non-hydrogen) atoms. The van der Waals surface area contributed by atoms with Gasteiger partial charge < -0.3 is 14.9 Å². The summed E-state index contributed by atoms with van der Waals surface area (Å²) in [5.41, 5.74) is 1.02. The van der Waals surface area contributed by atoms with Crippen molar-refractivity contribution in [1.82, 2.24) is 10.5 Å². The van der Waals surface area contributed by atoms with E-state index in [0.29, 0.717) is 18.7 Å². The van der Waals surface area contributed by atoms with Gasteiger partial charge in [0, 0.05) is 24.6 Å². The highest BCUT2D eigenvalue weighted by atomic mass is 16.5. The zero-order valence-corrected chi connectivity index (χ0v) is 10.7. The number of carboxylic acid groups (broad SMARTS) is 1. The van der Waals surface area contributed by atoms with Gasteiger partial charge >= 0.3 is 5.97 Å². The van der Waals surface area contributed by atoms with E-state index in [9.17, 15) is 9.59 Å². The van der Waals surface area contributed by atoms with E-state index in [2.05, 4.69) is 10.5 Å². The van der Waals surface area contributed by atoms with Gasteiger partial charge in [0.2, 0.25) is 0 Å². The number of carboxylic acids is 1. The van der Waals surface area contributed by atoms with Crippen LogP contribution < -0.4 is 5.32 Å². The first-order valence-corrected chi connectivity index (χ1v) is 6.19. The van der Waals surface area contributed by atoms with Gasteiger partial charge in [0.15, 0.2) is 11.5 Å². The molecule has 6 nitrogen and oxygen atoms in total. The summed E-state index contributed by atoms with van der Waals surface area (Å²) in [7, 11) is 0. The lowest BCUT2D eigenvalue weighted by molar-refractivity contribution is -0.137. The van der Waals surface area contributed by atoms with Crippen molar-refractivity contribution in [3.05, 3.63) is 42.1 Å². The number of aliphatic carboxylic acids is 1. The molecule has 0 aliphatic rings. The SMILES string of the molecule is O=C(O)CCCNC(=O)c1cc(-c2ccccc2)on1. The van der Waals surface area contributed by atoms with Gasteiger partial charge in [0.1, 0.15) is 0 Å². The molecule has 0 atom stereocenters. The van der Waals surface area contributed by atoms with E-state index in [-0.39, 0.29) is 18.0 Å². The van der Waals surface area contributed by atoms with Crippen molar-refractivity contribution in [2.24, 2.45) is 0 Å². The minimum absolute atomic E-state index is 0.0222. The molecule has 0 radical (unpaired) electrons. The minimum atomic E-state index is -0.882. The van der Waals surface area contributed by atoms with Crippen molar-refractivity contribution < 1.29 is 19.2 Å². The van der Waals surface area contributed by atoms with E-state index in [1.807, 2.05) is 30.3 Å². The Bertz CT molecular complexity index is 592. The minimum Gasteiger partial charge on any atom is -0.481 e. The molecule has 2 N–H and O–H groups in total. The number of rotatable bonds is 6. The Morgan fingerprint density at radius 1 is 1.25 bits per heavy atom. The summed E-state index contributed by atoms with van der Waals surface area (Å²) in [4.78, 5) is 22.1. The fourth-order valence-corrected chi connectivity index (χ4v) is 1.65. The molecule has 0 bridgehead atoms. The van der Waals surface area contributed by atoms with Crippen molar-refractivity contribution in [2.75, 3.05) is 6.54 Å². The Balaban J connectivity index is 1.92. The summed E-state index contributed by atoms with van der Waals surface area (Å²) >= 11 is 0. The van der Waals surface area contributed by atoms with E-state index >= 15 is 0 Å². The van der Waals surface area contributed by atoms with Crippen LogP contribution >= 0.6 is 0 Å². The number of aromatic nitrogens is 1. The van der Waals surface area contributed by atoms with Gasteiger partial charge in [-0.2, -0.15) is 0 Å². The summed E-state index contributed by atoms with van der Waals surface area (Å²) in [5, 5.41) is 14.8. The highest BCUT2D eigenvalue weighted by Gasteiger charge is 2.13. The molecule has 2 aromatic rings. The molecule has 1 amide bonds. The van der Waals surface area contributed by atoms with Crippen LogP contribution in [-0.4, -0.2) is 28.7 Å². The molecule has 0 aliphatic heterocycles. The van der Waals surface area contributed by atoms with Crippen LogP contribution in [0.1, 0.15) is 23.3 Å². The number of hydrogen-bond acceptors (Lipinski definition) is 4. The van der Waals surface area contributed by atoms with Crippen molar-refractivity contribution in [2.45, 2.75) is 12.8 Å². The van der Waals surface area contributed by atoms with Crippen molar-refractivity contribution in [3.63, 3.8) is 0 Å². The van der Waals surface area contributed by atoms with Gasteiger partial charge in [-0.25, -0.2) is 0 Å². The summed E-state index contributed by atoms with van der Waals surface area (Å²) in [6.07, 6.45) is 0.402. The smallest absolute Gasteiger partial charge is 0.303 e. The molecule has 6 heteroatoms. The number of nitrogens with zero attached hydrogens (tertiary/aromatic N) is 1. The Morgan fingerprint density at radius 3 is 2.70 bits per heavy atom. The third-order valence-corrected chi connectivity index (χ3v) is 2.65. The fourth-order valence-electron chi connectivity index (χ4n) is 1.65. The summed E-state index contributed by atoms with van der Waals surface area (Å²) < 4.78 is 5.11. The molecule has 2 rings (SSSR count). The standard InChI is InChI=1S/C14H14N2O4/c17-13(18)7-4-8-15-14(19)11-9-12(20-16-11)10-5-2-1-3-6-10/h1-3,5-6,9H,4,7-8H2,(H,15,19)(H,17,18). The number of hydrogen-bond donors (Lipinski definition) is 2. The maximum absolute atomic E-state index is 11.8. The van der Waals surface area contributed by atoms with Gasteiger partial charge in [-0.05, 0) is 6.42 Å². The van der Waals surface area contributed by atoms with Gasteiger partial charge in [0.25, 0.3) is 5.91 Å². The second-order valence-electron chi connectivity index (χ2n) is 4.20. The third kappa shape index (κ3) is 3.68. The lowest BCUT2D eigenvalue weighted by Crippen LogP contribution is -2.25. The molecule has 1 aromatic heterocycles. The van der Waals surface area contributed by atoms with Gasteiger partial charge in [-0.15, -0.1) is 0 Å². The first-order valence-electron chi connectivity index (χ1n) is 6.19. The molecule has 1 aromatic carbocycles. The van der Waals surface area contributed by atoms with Crippen LogP contribution in [0.4, 0.5) is 0 Å². The highest BCUT2D eigenvalue weighted by molar-refractivity contribution is 5.93. The van der Waals surface area contributed by atoms with Crippen molar-refractivity contribution >= 4 is 11.9 Å². The van der Waals surface area contributed by atoms with E-state index in [4.69, 9.17) is 9.63 Å². The number of carbonyl (C=O) groups is 2. The average molecular weight is 274 g/mol. The summed E-state index contributed by atoms with van der Waals surface area (Å²) in [6.45, 7) is 0.290. The van der Waals surface area contributed by atoms with Crippen molar-refractivity contribution in [1.29, 1.82) is 0 Å². The van der Waals surface area contributed by atoms with Crippen LogP contribution in [0.2, 0.25) is 0 Å². The fraction of sp³-hybridized carbons (Fsp3) is 0.214. The largest absolute Gasteiger partial charge is 0.481 e. The molecular formula is C14H14N2O4. The third-order valence-electron chi connectivity index (χ3n) is 2.65. The molecular weight excluding hydrogens is 260 g/mol. The van der Waals surface area contributed by atoms with E-state index in [1.165, 1.54) is 0 Å². The van der Waals surface area contributed by atoms with Crippen LogP contribution in [-0.2, 0) is 4.79 Å². The average Bonchev–Trinajstić information content (AvgIpc) is 2.94. The lowest BCUT2D eigenvalue weighted by atomic mass is 10.1. The van der Waals surface area contributed by atoms with Crippen LogP contribution in [0.15, 0.2) is 40.9 Å². The predicted octanol–water partition coefficient (Wildman–Crippen LogP) is 1.94. The van der Waals surface area contributed by atoms with Gasteiger partial charge in [-0.1, -0.05) is 35.5 Å². The maximum Gasteiger partial charge on any atom is 0.303 e. The molecule has 0 saturated heterocycles. The second-order valence-corrected chi connectivity index (χ2v) is 4.20. The topological polar surface area (TPSA) is 92.4 Å². The van der Waals surface area contributed by atoms with Crippen LogP contribution in [0.25, 0.3) is 11.3 Å². The summed E-state index contributed by atoms with van der Waals surface area (Å²) in [5.74, 6) is -0.741. The van der Waals surface area contributed by atoms with Crippen LogP contribution in [0.5, 0.6) is 0 Å². The number of benzene rings is 1. The summed E-state index contributed by atoms with van der Waals surface area (Å²) in [6, 6.07) is 10.9. The van der Waals surface area contributed by atoms with E-state index < -0.39 is 5.97 Å². The van der Waals surface area contributed by atoms with E-state index in [0.717, 1.165) is 5.56 Å². The van der Waals surface area contributed by atoms with Crippen LogP contribution in [0.3, 0.4) is 0 Å². The molecule has 0 fully saturated rings. The molecule has 0 aliphatic carbocycles. The van der Waals surface area contributed by atoms with E-state index in [1.54, 1.807) is 6.07 Å². The predicted molar refractivity (Wildman–Crippen MR) is 71.1 cm³/mol. The molecule has 0 saturated carbocycles. The number of nitrogens with one attached hydrogen (secondary N) is 1. The lowest BCUT2D eigenvalue weighted by Gasteiger charge is -2.00. The zero-order chi connectivity index (χ0) is 14.4. The van der Waals surface area contributed by atoms with Gasteiger partial charge in [0.05, 0.1) is 0 Å². The molecule has 1 heterocycles. The zero-order valence-electron chi connectivity index (χ0n) is 10.7. The Morgan fingerprint density at radius 2 is 2.00 bits per heavy atom. The molecule has 0 spiro atoms. The Kier molecular flexibility index (Phi) is 4.49. The Labute approximate surface area is 115 Å². The monoisotopic (exact) mass is 274 g/mol. The Hall–Kier alpha value is -2.63. The van der Waals surface area contributed by atoms with Crippen molar-refractivity contribution in [3.8, 4) is 11.3 Å². The number of amides is 1. The van der Waals surface area contributed by atoms with Gasteiger partial charge in [-0.3, -0.25) is 9.59 Å². The van der Waals surface area contributed by atoms with Crippen LogP contribution in [0, 0.1) is 0 Å². The highest BCUT2D eigenvalue weighted by Crippen LogP contribution is 2.19. The molecule has 0 unspecified atom stereocenters.